The zero-order valence-corrected chi connectivity index (χ0v) is 11.5. The number of nitrogens with zero attached hydrogens (tertiary/aromatic N) is 3. The molecule has 4 nitrogen and oxygen atoms in total. The lowest BCUT2D eigenvalue weighted by atomic mass is 10.3. The number of rotatable bonds is 3. The lowest BCUT2D eigenvalue weighted by molar-refractivity contribution is 0.510. The Labute approximate surface area is 118 Å². The highest BCUT2D eigenvalue weighted by atomic mass is 32.1. The van der Waals surface area contributed by atoms with Crippen molar-refractivity contribution in [3.05, 3.63) is 46.8 Å². The van der Waals surface area contributed by atoms with Gasteiger partial charge in [0.25, 0.3) is 0 Å². The van der Waals surface area contributed by atoms with Gasteiger partial charge in [-0.15, -0.1) is 0 Å². The van der Waals surface area contributed by atoms with Crippen LogP contribution in [0.4, 0.5) is 8.78 Å². The molecule has 0 radical (unpaired) electrons. The normalized spacial score (nSPS) is 11.3. The van der Waals surface area contributed by atoms with Crippen LogP contribution in [0.25, 0.3) is 11.0 Å². The van der Waals surface area contributed by atoms with Crippen molar-refractivity contribution in [2.75, 3.05) is 0 Å². The minimum absolute atomic E-state index is 0.171. The van der Waals surface area contributed by atoms with Crippen molar-refractivity contribution in [1.29, 1.82) is 0 Å². The average Bonchev–Trinajstić information content (AvgIpc) is 2.96. The number of hydrogen-bond acceptors (Lipinski definition) is 2. The predicted octanol–water partition coefficient (Wildman–Crippen LogP) is 2.95. The Bertz CT molecular complexity index is 831. The minimum atomic E-state index is -0.880. The van der Waals surface area contributed by atoms with Crippen LogP contribution < -0.4 is 0 Å². The fourth-order valence-corrected chi connectivity index (χ4v) is 2.54. The number of aromatic nitrogens is 4. The molecule has 0 aliphatic carbocycles. The molecule has 0 saturated heterocycles. The first-order valence-electron chi connectivity index (χ1n) is 6.10. The lowest BCUT2D eigenvalue weighted by Gasteiger charge is -2.06. The van der Waals surface area contributed by atoms with Gasteiger partial charge < -0.3 is 14.1 Å². The van der Waals surface area contributed by atoms with Gasteiger partial charge in [0.2, 0.25) is 0 Å². The van der Waals surface area contributed by atoms with Crippen molar-refractivity contribution in [1.82, 2.24) is 19.1 Å². The van der Waals surface area contributed by atoms with Gasteiger partial charge in [0.15, 0.2) is 16.4 Å². The van der Waals surface area contributed by atoms with E-state index in [2.05, 4.69) is 9.97 Å². The summed E-state index contributed by atoms with van der Waals surface area (Å²) in [5.74, 6) is -0.898. The van der Waals surface area contributed by atoms with E-state index in [0.717, 1.165) is 11.9 Å². The first-order chi connectivity index (χ1) is 9.58. The molecule has 0 spiro atoms. The monoisotopic (exact) mass is 294 g/mol. The smallest absolute Gasteiger partial charge is 0.184 e. The summed E-state index contributed by atoms with van der Waals surface area (Å²) in [6, 6.07) is 2.58. The Kier molecular flexibility index (Phi) is 3.13. The zero-order chi connectivity index (χ0) is 14.3. The van der Waals surface area contributed by atoms with Crippen molar-refractivity contribution in [3.63, 3.8) is 0 Å². The number of aryl methyl sites for hydroxylation is 3. The van der Waals surface area contributed by atoms with Crippen molar-refractivity contribution in [3.8, 4) is 0 Å². The van der Waals surface area contributed by atoms with Crippen molar-refractivity contribution in [2.45, 2.75) is 13.0 Å². The second-order valence-electron chi connectivity index (χ2n) is 4.54. The van der Waals surface area contributed by atoms with Gasteiger partial charge in [-0.05, 0) is 24.4 Å². The molecule has 2 aromatic heterocycles. The Morgan fingerprint density at radius 1 is 1.35 bits per heavy atom. The highest BCUT2D eigenvalue weighted by molar-refractivity contribution is 7.71. The second kappa shape index (κ2) is 4.82. The van der Waals surface area contributed by atoms with E-state index in [1.165, 1.54) is 6.07 Å². The highest BCUT2D eigenvalue weighted by Crippen LogP contribution is 2.20. The SMILES string of the molecule is Cn1ccnc1CCn1c(=S)[nH]c2ccc(F)c(F)c21. The minimum Gasteiger partial charge on any atom is -0.338 e. The van der Waals surface area contributed by atoms with Gasteiger partial charge in [-0.3, -0.25) is 0 Å². The Balaban J connectivity index is 2.03. The fraction of sp³-hybridized carbons (Fsp3) is 0.231. The van der Waals surface area contributed by atoms with Gasteiger partial charge in [0, 0.05) is 32.4 Å². The molecule has 0 amide bonds. The van der Waals surface area contributed by atoms with Crippen LogP contribution in [0, 0.1) is 16.4 Å². The molecule has 0 aliphatic rings. The van der Waals surface area contributed by atoms with Crippen LogP contribution >= 0.6 is 12.2 Å². The van der Waals surface area contributed by atoms with Crippen molar-refractivity contribution < 1.29 is 8.78 Å². The number of fused-ring (bicyclic) bond motifs is 1. The van der Waals surface area contributed by atoms with E-state index in [9.17, 15) is 8.78 Å². The van der Waals surface area contributed by atoms with E-state index in [1.54, 1.807) is 10.8 Å². The van der Waals surface area contributed by atoms with Crippen LogP contribution in [-0.4, -0.2) is 19.1 Å². The van der Waals surface area contributed by atoms with E-state index in [-0.39, 0.29) is 5.52 Å². The van der Waals surface area contributed by atoms with Crippen LogP contribution in [0.1, 0.15) is 5.82 Å². The maximum atomic E-state index is 13.9. The highest BCUT2D eigenvalue weighted by Gasteiger charge is 2.14. The molecule has 1 aromatic carbocycles. The number of nitrogens with one attached hydrogen (secondary N) is 1. The first kappa shape index (κ1) is 13.0. The Hall–Kier alpha value is -2.02. The van der Waals surface area contributed by atoms with Gasteiger partial charge in [-0.2, -0.15) is 0 Å². The molecule has 0 bridgehead atoms. The third-order valence-corrected chi connectivity index (χ3v) is 3.63. The average molecular weight is 294 g/mol. The summed E-state index contributed by atoms with van der Waals surface area (Å²) in [6.07, 6.45) is 4.12. The van der Waals surface area contributed by atoms with Crippen LogP contribution in [0.5, 0.6) is 0 Å². The quantitative estimate of drug-likeness (QED) is 0.754. The predicted molar refractivity (Wildman–Crippen MR) is 74.0 cm³/mol. The standard InChI is InChI=1S/C13H12F2N4S/c1-18-7-5-16-10(18)4-6-19-12-9(17-13(19)20)3-2-8(14)11(12)15/h2-3,5,7H,4,6H2,1H3,(H,17,20). The number of H-pyrrole nitrogens is 1. The fourth-order valence-electron chi connectivity index (χ4n) is 2.25. The molecule has 0 aliphatic heterocycles. The van der Waals surface area contributed by atoms with E-state index < -0.39 is 11.6 Å². The second-order valence-corrected chi connectivity index (χ2v) is 4.93. The number of hydrogen-bond donors (Lipinski definition) is 1. The summed E-state index contributed by atoms with van der Waals surface area (Å²) < 4.78 is 31.1. The molecule has 3 rings (SSSR count). The summed E-state index contributed by atoms with van der Waals surface area (Å²) >= 11 is 5.17. The van der Waals surface area contributed by atoms with E-state index in [4.69, 9.17) is 12.2 Å². The molecular formula is C13H12F2N4S. The largest absolute Gasteiger partial charge is 0.338 e. The van der Waals surface area contributed by atoms with E-state index in [0.29, 0.717) is 23.3 Å². The van der Waals surface area contributed by atoms with Gasteiger partial charge in [-0.25, -0.2) is 13.8 Å². The van der Waals surface area contributed by atoms with Crippen LogP contribution in [0.3, 0.4) is 0 Å². The molecule has 0 saturated carbocycles. The summed E-state index contributed by atoms with van der Waals surface area (Å²) in [6.45, 7) is 0.435. The van der Waals surface area contributed by atoms with Crippen molar-refractivity contribution in [2.24, 2.45) is 7.05 Å². The van der Waals surface area contributed by atoms with Crippen LogP contribution in [-0.2, 0) is 20.0 Å². The third kappa shape index (κ3) is 2.03. The van der Waals surface area contributed by atoms with Gasteiger partial charge in [0.05, 0.1) is 5.52 Å². The molecule has 7 heteroatoms. The Morgan fingerprint density at radius 3 is 2.85 bits per heavy atom. The van der Waals surface area contributed by atoms with Gasteiger partial charge in [-0.1, -0.05) is 0 Å². The molecule has 0 fully saturated rings. The molecule has 2 heterocycles. The van der Waals surface area contributed by atoms with Crippen LogP contribution in [0.2, 0.25) is 0 Å². The van der Waals surface area contributed by atoms with E-state index >= 15 is 0 Å². The van der Waals surface area contributed by atoms with Crippen molar-refractivity contribution >= 4 is 23.3 Å². The van der Waals surface area contributed by atoms with Gasteiger partial charge in [0.1, 0.15) is 11.3 Å². The van der Waals surface area contributed by atoms with Gasteiger partial charge >= 0.3 is 0 Å². The maximum absolute atomic E-state index is 13.9. The Morgan fingerprint density at radius 2 is 2.15 bits per heavy atom. The molecule has 1 N–H and O–H groups in total. The summed E-state index contributed by atoms with van der Waals surface area (Å²) in [4.78, 5) is 7.09. The zero-order valence-electron chi connectivity index (χ0n) is 10.7. The third-order valence-electron chi connectivity index (χ3n) is 3.31. The van der Waals surface area contributed by atoms with Crippen LogP contribution in [0.15, 0.2) is 24.5 Å². The first-order valence-corrected chi connectivity index (χ1v) is 6.51. The summed E-state index contributed by atoms with van der Waals surface area (Å²) in [5.41, 5.74) is 0.665. The molecular weight excluding hydrogens is 282 g/mol. The number of aromatic amines is 1. The maximum Gasteiger partial charge on any atom is 0.184 e. The molecule has 0 unspecified atom stereocenters. The number of benzene rings is 1. The number of imidazole rings is 2. The topological polar surface area (TPSA) is 38.5 Å². The molecule has 0 atom stereocenters. The summed E-state index contributed by atoms with van der Waals surface area (Å²) in [5, 5.41) is 0. The molecule has 20 heavy (non-hydrogen) atoms. The molecule has 104 valence electrons. The molecule has 3 aromatic rings. The lowest BCUT2D eigenvalue weighted by Crippen LogP contribution is -2.06. The summed E-state index contributed by atoms with van der Waals surface area (Å²) in [7, 11) is 1.89. The number of halogens is 2. The van der Waals surface area contributed by atoms with E-state index in [1.807, 2.05) is 17.8 Å².